The molecule has 88 valence electrons. The van der Waals surface area contributed by atoms with Crippen molar-refractivity contribution >= 4 is 5.91 Å². The Morgan fingerprint density at radius 2 is 1.73 bits per heavy atom. The Labute approximate surface area is 86.4 Å². The Kier molecular flexibility index (Phi) is 3.59. The molecule has 0 aromatic carbocycles. The van der Waals surface area contributed by atoms with E-state index in [1.54, 1.807) is 0 Å². The molecule has 1 saturated carbocycles. The lowest BCUT2D eigenvalue weighted by Crippen LogP contribution is -2.47. The van der Waals surface area contributed by atoms with Crippen LogP contribution in [0, 0.1) is 0 Å². The first-order valence-electron chi connectivity index (χ1n) is 4.92. The van der Waals surface area contributed by atoms with Crippen molar-refractivity contribution in [3.05, 3.63) is 0 Å². The van der Waals surface area contributed by atoms with Gasteiger partial charge in [0.05, 0.1) is 0 Å². The van der Waals surface area contributed by atoms with Gasteiger partial charge in [0.15, 0.2) is 0 Å². The lowest BCUT2D eigenvalue weighted by molar-refractivity contribution is -0.186. The minimum atomic E-state index is -4.77. The van der Waals surface area contributed by atoms with Gasteiger partial charge in [-0.2, -0.15) is 13.2 Å². The molecule has 0 heterocycles. The van der Waals surface area contributed by atoms with Gasteiger partial charge in [-0.05, 0) is 25.7 Å². The van der Waals surface area contributed by atoms with Crippen LogP contribution in [-0.4, -0.2) is 36.1 Å². The molecule has 0 atom stereocenters. The molecule has 0 unspecified atom stereocenters. The lowest BCUT2D eigenvalue weighted by atomic mass is 9.91. The van der Waals surface area contributed by atoms with Crippen LogP contribution in [-0.2, 0) is 4.79 Å². The molecule has 2 N–H and O–H groups in total. The zero-order chi connectivity index (χ0) is 11.6. The third-order valence-corrected chi connectivity index (χ3v) is 2.85. The number of carbonyl (C=O) groups is 1. The van der Waals surface area contributed by atoms with Crippen molar-refractivity contribution in [2.45, 2.75) is 43.9 Å². The fourth-order valence-corrected chi connectivity index (χ4v) is 1.85. The average molecular weight is 224 g/mol. The van der Waals surface area contributed by atoms with Crippen LogP contribution in [0.5, 0.6) is 0 Å². The Balaban J connectivity index is 2.54. The standard InChI is InChI=1S/C9H15F3N2O/c1-14(8(15)9(10,11)12)7-4-2-6(13)3-5-7/h6-7H,2-5,13H2,1H3/t6-,7+. The number of halogens is 3. The first kappa shape index (κ1) is 12.3. The molecule has 0 aliphatic heterocycles. The fourth-order valence-electron chi connectivity index (χ4n) is 1.85. The Morgan fingerprint density at radius 1 is 1.27 bits per heavy atom. The molecule has 0 bridgehead atoms. The van der Waals surface area contributed by atoms with E-state index < -0.39 is 12.1 Å². The van der Waals surface area contributed by atoms with Crippen molar-refractivity contribution in [1.82, 2.24) is 4.90 Å². The van der Waals surface area contributed by atoms with Gasteiger partial charge in [-0.3, -0.25) is 4.79 Å². The van der Waals surface area contributed by atoms with Gasteiger partial charge in [-0.25, -0.2) is 0 Å². The summed E-state index contributed by atoms with van der Waals surface area (Å²) in [4.78, 5) is 11.7. The Hall–Kier alpha value is -0.780. The van der Waals surface area contributed by atoms with Gasteiger partial charge in [0.2, 0.25) is 0 Å². The molecule has 3 nitrogen and oxygen atoms in total. The van der Waals surface area contributed by atoms with E-state index in [1.165, 1.54) is 7.05 Å². The van der Waals surface area contributed by atoms with Crippen LogP contribution in [0.2, 0.25) is 0 Å². The summed E-state index contributed by atoms with van der Waals surface area (Å²) in [5.74, 6) is -1.76. The van der Waals surface area contributed by atoms with Gasteiger partial charge in [-0.15, -0.1) is 0 Å². The van der Waals surface area contributed by atoms with Crippen LogP contribution in [0.3, 0.4) is 0 Å². The summed E-state index contributed by atoms with van der Waals surface area (Å²) >= 11 is 0. The van der Waals surface area contributed by atoms with Crippen LogP contribution in [0.4, 0.5) is 13.2 Å². The van der Waals surface area contributed by atoms with Gasteiger partial charge in [0.25, 0.3) is 0 Å². The second kappa shape index (κ2) is 4.38. The van der Waals surface area contributed by atoms with Crippen LogP contribution < -0.4 is 5.73 Å². The summed E-state index contributed by atoms with van der Waals surface area (Å²) in [5.41, 5.74) is 5.63. The molecule has 1 aliphatic rings. The summed E-state index contributed by atoms with van der Waals surface area (Å²) in [6.45, 7) is 0. The topological polar surface area (TPSA) is 46.3 Å². The van der Waals surface area contributed by atoms with E-state index in [9.17, 15) is 18.0 Å². The van der Waals surface area contributed by atoms with Crippen molar-refractivity contribution < 1.29 is 18.0 Å². The summed E-state index contributed by atoms with van der Waals surface area (Å²) < 4.78 is 36.3. The molecule has 1 fully saturated rings. The van der Waals surface area contributed by atoms with E-state index in [-0.39, 0.29) is 12.1 Å². The first-order chi connectivity index (χ1) is 6.82. The van der Waals surface area contributed by atoms with E-state index in [0.29, 0.717) is 25.7 Å². The number of nitrogens with two attached hydrogens (primary N) is 1. The molecule has 1 aliphatic carbocycles. The predicted molar refractivity (Wildman–Crippen MR) is 49.1 cm³/mol. The van der Waals surface area contributed by atoms with E-state index in [4.69, 9.17) is 5.73 Å². The van der Waals surface area contributed by atoms with E-state index in [0.717, 1.165) is 4.90 Å². The Bertz CT molecular complexity index is 234. The maximum Gasteiger partial charge on any atom is 0.471 e. The summed E-state index contributed by atoms with van der Waals surface area (Å²) in [5, 5.41) is 0. The minimum Gasteiger partial charge on any atom is -0.335 e. The number of hydrogen-bond donors (Lipinski definition) is 1. The second-order valence-corrected chi connectivity index (χ2v) is 3.98. The monoisotopic (exact) mass is 224 g/mol. The quantitative estimate of drug-likeness (QED) is 0.729. The summed E-state index contributed by atoms with van der Waals surface area (Å²) in [6, 6.07) is -0.255. The number of alkyl halides is 3. The highest BCUT2D eigenvalue weighted by atomic mass is 19.4. The Morgan fingerprint density at radius 3 is 2.13 bits per heavy atom. The number of amides is 1. The third-order valence-electron chi connectivity index (χ3n) is 2.85. The first-order valence-corrected chi connectivity index (χ1v) is 4.92. The number of rotatable bonds is 1. The molecule has 0 radical (unpaired) electrons. The van der Waals surface area contributed by atoms with Crippen molar-refractivity contribution in [1.29, 1.82) is 0 Å². The second-order valence-electron chi connectivity index (χ2n) is 3.98. The van der Waals surface area contributed by atoms with Gasteiger partial charge < -0.3 is 10.6 Å². The molecule has 1 rings (SSSR count). The normalized spacial score (nSPS) is 27.5. The van der Waals surface area contributed by atoms with E-state index in [1.807, 2.05) is 0 Å². The van der Waals surface area contributed by atoms with Crippen molar-refractivity contribution in [3.63, 3.8) is 0 Å². The third kappa shape index (κ3) is 3.09. The zero-order valence-corrected chi connectivity index (χ0v) is 8.55. The van der Waals surface area contributed by atoms with Crippen LogP contribution in [0.15, 0.2) is 0 Å². The highest BCUT2D eigenvalue weighted by molar-refractivity contribution is 5.81. The van der Waals surface area contributed by atoms with Crippen LogP contribution in [0.25, 0.3) is 0 Å². The molecule has 0 spiro atoms. The van der Waals surface area contributed by atoms with Crippen molar-refractivity contribution in [2.24, 2.45) is 5.73 Å². The van der Waals surface area contributed by atoms with Crippen LogP contribution >= 0.6 is 0 Å². The smallest absolute Gasteiger partial charge is 0.335 e. The highest BCUT2D eigenvalue weighted by Crippen LogP contribution is 2.25. The average Bonchev–Trinajstić information content (AvgIpc) is 2.15. The SMILES string of the molecule is CN(C(=O)C(F)(F)F)[C@H]1CC[C@@H](N)CC1. The van der Waals surface area contributed by atoms with Crippen LogP contribution in [0.1, 0.15) is 25.7 Å². The molecule has 0 aromatic rings. The largest absolute Gasteiger partial charge is 0.471 e. The molecule has 0 saturated heterocycles. The molecular formula is C9H15F3N2O. The van der Waals surface area contributed by atoms with Gasteiger partial charge >= 0.3 is 12.1 Å². The maximum atomic E-state index is 12.1. The minimum absolute atomic E-state index is 0.0654. The van der Waals surface area contributed by atoms with E-state index >= 15 is 0 Å². The summed E-state index contributed by atoms with van der Waals surface area (Å²) in [6.07, 6.45) is -2.30. The molecule has 0 aromatic heterocycles. The molecule has 6 heteroatoms. The molecular weight excluding hydrogens is 209 g/mol. The number of nitrogens with zero attached hydrogens (tertiary/aromatic N) is 1. The molecule has 1 amide bonds. The van der Waals surface area contributed by atoms with Gasteiger partial charge in [0, 0.05) is 19.1 Å². The van der Waals surface area contributed by atoms with E-state index in [2.05, 4.69) is 0 Å². The van der Waals surface area contributed by atoms with Crippen molar-refractivity contribution in [2.75, 3.05) is 7.05 Å². The zero-order valence-electron chi connectivity index (χ0n) is 8.55. The van der Waals surface area contributed by atoms with Crippen molar-refractivity contribution in [3.8, 4) is 0 Å². The van der Waals surface area contributed by atoms with Gasteiger partial charge in [-0.1, -0.05) is 0 Å². The number of hydrogen-bond acceptors (Lipinski definition) is 2. The maximum absolute atomic E-state index is 12.1. The molecule has 15 heavy (non-hydrogen) atoms. The fraction of sp³-hybridized carbons (Fsp3) is 0.889. The predicted octanol–water partition coefficient (Wildman–Crippen LogP) is 1.28. The number of carbonyl (C=O) groups excluding carboxylic acids is 1. The highest BCUT2D eigenvalue weighted by Gasteiger charge is 2.43. The lowest BCUT2D eigenvalue weighted by Gasteiger charge is -2.33. The summed E-state index contributed by atoms with van der Waals surface area (Å²) in [7, 11) is 1.21. The van der Waals surface area contributed by atoms with Gasteiger partial charge in [0.1, 0.15) is 0 Å².